The van der Waals surface area contributed by atoms with E-state index in [1.165, 1.54) is 7.11 Å². The Morgan fingerprint density at radius 3 is 2.69 bits per heavy atom. The Balaban J connectivity index is 1.72. The zero-order valence-electron chi connectivity index (χ0n) is 19.3. The van der Waals surface area contributed by atoms with Gasteiger partial charge in [0.05, 0.1) is 17.7 Å². The number of rotatable bonds is 9. The molecule has 1 heterocycles. The van der Waals surface area contributed by atoms with E-state index in [1.54, 1.807) is 31.3 Å². The molecule has 0 unspecified atom stereocenters. The standard InChI is InChI=1S/C27H23ClN2O5/c1-3-33-27(31)24-9-7-21(12-26(24)35-17-32-2)30-15-19(14-29)23-10-8-22(13-25(23)30)34-16-18-5-4-6-20(28)11-18/h4-13,15H,3,16-17H2,1-2H3. The zero-order valence-corrected chi connectivity index (χ0v) is 20.0. The Hall–Kier alpha value is -3.99. The van der Waals surface area contributed by atoms with E-state index >= 15 is 0 Å². The summed E-state index contributed by atoms with van der Waals surface area (Å²) in [7, 11) is 1.50. The van der Waals surface area contributed by atoms with Crippen LogP contribution >= 0.6 is 11.6 Å². The van der Waals surface area contributed by atoms with Crippen molar-refractivity contribution in [1.29, 1.82) is 5.26 Å². The summed E-state index contributed by atoms with van der Waals surface area (Å²) in [6.45, 7) is 2.30. The molecule has 1 aromatic heterocycles. The molecular weight excluding hydrogens is 468 g/mol. The molecule has 0 amide bonds. The molecule has 0 atom stereocenters. The smallest absolute Gasteiger partial charge is 0.341 e. The van der Waals surface area contributed by atoms with Gasteiger partial charge in [-0.3, -0.25) is 0 Å². The van der Waals surface area contributed by atoms with Gasteiger partial charge in [-0.05, 0) is 48.9 Å². The molecule has 0 fully saturated rings. The highest BCUT2D eigenvalue weighted by Gasteiger charge is 2.17. The van der Waals surface area contributed by atoms with E-state index in [9.17, 15) is 10.1 Å². The maximum Gasteiger partial charge on any atom is 0.341 e. The normalized spacial score (nSPS) is 10.7. The first-order valence-electron chi connectivity index (χ1n) is 10.9. The van der Waals surface area contributed by atoms with Gasteiger partial charge in [0.15, 0.2) is 6.79 Å². The highest BCUT2D eigenvalue weighted by molar-refractivity contribution is 6.30. The maximum atomic E-state index is 12.4. The van der Waals surface area contributed by atoms with Crippen LogP contribution in [0.25, 0.3) is 16.6 Å². The largest absolute Gasteiger partial charge is 0.489 e. The van der Waals surface area contributed by atoms with E-state index in [0.717, 1.165) is 16.5 Å². The molecule has 7 nitrogen and oxygen atoms in total. The van der Waals surface area contributed by atoms with Crippen molar-refractivity contribution in [2.24, 2.45) is 0 Å². The van der Waals surface area contributed by atoms with Crippen molar-refractivity contribution in [2.75, 3.05) is 20.5 Å². The summed E-state index contributed by atoms with van der Waals surface area (Å²) in [5, 5.41) is 11.1. The summed E-state index contributed by atoms with van der Waals surface area (Å²) in [5.74, 6) is 0.466. The number of esters is 1. The van der Waals surface area contributed by atoms with Gasteiger partial charge in [-0.1, -0.05) is 23.7 Å². The van der Waals surface area contributed by atoms with Crippen molar-refractivity contribution in [3.8, 4) is 23.3 Å². The van der Waals surface area contributed by atoms with Crippen molar-refractivity contribution in [2.45, 2.75) is 13.5 Å². The van der Waals surface area contributed by atoms with Gasteiger partial charge in [0.25, 0.3) is 0 Å². The molecule has 3 aromatic carbocycles. The summed E-state index contributed by atoms with van der Waals surface area (Å²) in [6.07, 6.45) is 1.74. The van der Waals surface area contributed by atoms with E-state index in [1.807, 2.05) is 47.0 Å². The molecule has 0 bridgehead atoms. The topological polar surface area (TPSA) is 82.7 Å². The third kappa shape index (κ3) is 5.40. The predicted molar refractivity (Wildman–Crippen MR) is 132 cm³/mol. The van der Waals surface area contributed by atoms with Gasteiger partial charge < -0.3 is 23.5 Å². The molecule has 0 aliphatic carbocycles. The predicted octanol–water partition coefficient (Wildman–Crippen LogP) is 5.89. The van der Waals surface area contributed by atoms with Crippen LogP contribution in [0.3, 0.4) is 0 Å². The van der Waals surface area contributed by atoms with Crippen LogP contribution in [0.15, 0.2) is 66.9 Å². The molecular formula is C27H23ClN2O5. The van der Waals surface area contributed by atoms with Gasteiger partial charge in [-0.25, -0.2) is 4.79 Å². The Kier molecular flexibility index (Phi) is 7.56. The molecule has 0 saturated carbocycles. The Morgan fingerprint density at radius 2 is 1.94 bits per heavy atom. The van der Waals surface area contributed by atoms with Gasteiger partial charge in [0.1, 0.15) is 29.7 Å². The average Bonchev–Trinajstić information content (AvgIpc) is 3.24. The molecule has 35 heavy (non-hydrogen) atoms. The Bertz CT molecular complexity index is 1410. The van der Waals surface area contributed by atoms with Crippen molar-refractivity contribution in [3.05, 3.63) is 88.6 Å². The lowest BCUT2D eigenvalue weighted by molar-refractivity contribution is 0.0438. The molecule has 0 aliphatic rings. The number of fused-ring (bicyclic) bond motifs is 1. The second-order valence-corrected chi connectivity index (χ2v) is 8.01. The van der Waals surface area contributed by atoms with E-state index in [-0.39, 0.29) is 19.0 Å². The number of nitrogens with zero attached hydrogens (tertiary/aromatic N) is 2. The van der Waals surface area contributed by atoms with E-state index < -0.39 is 5.97 Å². The quantitative estimate of drug-likeness (QED) is 0.215. The number of hydrogen-bond acceptors (Lipinski definition) is 6. The van der Waals surface area contributed by atoms with Crippen LogP contribution in [-0.4, -0.2) is 31.0 Å². The average molecular weight is 491 g/mol. The molecule has 0 radical (unpaired) electrons. The molecule has 0 aliphatic heterocycles. The lowest BCUT2D eigenvalue weighted by Gasteiger charge is -2.14. The molecule has 0 N–H and O–H groups in total. The van der Waals surface area contributed by atoms with Gasteiger partial charge in [0, 0.05) is 41.5 Å². The number of benzene rings is 3. The SMILES string of the molecule is CCOC(=O)c1ccc(-n2cc(C#N)c3ccc(OCc4cccc(Cl)c4)cc32)cc1OCOC. The number of hydrogen-bond donors (Lipinski definition) is 0. The third-order valence-electron chi connectivity index (χ3n) is 5.26. The Morgan fingerprint density at radius 1 is 1.09 bits per heavy atom. The minimum absolute atomic E-state index is 0.0345. The second-order valence-electron chi connectivity index (χ2n) is 7.57. The summed E-state index contributed by atoms with van der Waals surface area (Å²) in [4.78, 5) is 12.4. The number of nitriles is 1. The maximum absolute atomic E-state index is 12.4. The van der Waals surface area contributed by atoms with Crippen LogP contribution in [0.1, 0.15) is 28.4 Å². The first kappa shape index (κ1) is 24.1. The first-order valence-corrected chi connectivity index (χ1v) is 11.3. The number of carbonyl (C=O) groups excluding carboxylic acids is 1. The van der Waals surface area contributed by atoms with Crippen LogP contribution in [-0.2, 0) is 16.1 Å². The van der Waals surface area contributed by atoms with Gasteiger partial charge in [-0.2, -0.15) is 5.26 Å². The lowest BCUT2D eigenvalue weighted by atomic mass is 10.1. The number of methoxy groups -OCH3 is 1. The van der Waals surface area contributed by atoms with E-state index in [0.29, 0.717) is 34.4 Å². The molecule has 178 valence electrons. The van der Waals surface area contributed by atoms with Crippen LogP contribution in [0.4, 0.5) is 0 Å². The fraction of sp³-hybridized carbons (Fsp3) is 0.185. The minimum atomic E-state index is -0.489. The monoisotopic (exact) mass is 490 g/mol. The highest BCUT2D eigenvalue weighted by atomic mass is 35.5. The van der Waals surface area contributed by atoms with Crippen molar-refractivity contribution in [3.63, 3.8) is 0 Å². The molecule has 0 spiro atoms. The van der Waals surface area contributed by atoms with E-state index in [4.69, 9.17) is 30.5 Å². The fourth-order valence-electron chi connectivity index (χ4n) is 3.67. The summed E-state index contributed by atoms with van der Waals surface area (Å²) < 4.78 is 23.6. The summed E-state index contributed by atoms with van der Waals surface area (Å²) >= 11 is 6.07. The van der Waals surface area contributed by atoms with Crippen LogP contribution < -0.4 is 9.47 Å². The summed E-state index contributed by atoms with van der Waals surface area (Å²) in [6, 6.07) is 20.4. The Labute approximate surface area is 208 Å². The number of halogens is 1. The van der Waals surface area contributed by atoms with Crippen LogP contribution in [0.2, 0.25) is 5.02 Å². The van der Waals surface area contributed by atoms with Crippen molar-refractivity contribution >= 4 is 28.5 Å². The summed E-state index contributed by atoms with van der Waals surface area (Å²) in [5.41, 5.74) is 3.21. The number of ether oxygens (including phenoxy) is 4. The van der Waals surface area contributed by atoms with Crippen LogP contribution in [0.5, 0.6) is 11.5 Å². The van der Waals surface area contributed by atoms with Gasteiger partial charge in [-0.15, -0.1) is 0 Å². The molecule has 8 heteroatoms. The van der Waals surface area contributed by atoms with Gasteiger partial charge >= 0.3 is 5.97 Å². The highest BCUT2D eigenvalue weighted by Crippen LogP contribution is 2.31. The fourth-order valence-corrected chi connectivity index (χ4v) is 3.89. The lowest BCUT2D eigenvalue weighted by Crippen LogP contribution is -2.10. The molecule has 4 rings (SSSR count). The number of aromatic nitrogens is 1. The van der Waals surface area contributed by atoms with E-state index in [2.05, 4.69) is 6.07 Å². The molecule has 0 saturated heterocycles. The zero-order chi connectivity index (χ0) is 24.8. The van der Waals surface area contributed by atoms with Crippen molar-refractivity contribution in [1.82, 2.24) is 4.57 Å². The van der Waals surface area contributed by atoms with Crippen LogP contribution in [0, 0.1) is 11.3 Å². The van der Waals surface area contributed by atoms with Crippen molar-refractivity contribution < 1.29 is 23.7 Å². The minimum Gasteiger partial charge on any atom is -0.489 e. The second kappa shape index (κ2) is 11.0. The third-order valence-corrected chi connectivity index (χ3v) is 5.50. The number of carbonyl (C=O) groups is 1. The van der Waals surface area contributed by atoms with Gasteiger partial charge in [0.2, 0.25) is 0 Å². The first-order chi connectivity index (χ1) is 17.0. The molecule has 4 aromatic rings.